The highest BCUT2D eigenvalue weighted by atomic mass is 16.6. The number of nitrogens with zero attached hydrogens (tertiary/aromatic N) is 6. The van der Waals surface area contributed by atoms with Gasteiger partial charge in [-0.25, -0.2) is 4.68 Å². The lowest BCUT2D eigenvalue weighted by Gasteiger charge is -2.43. The highest BCUT2D eigenvalue weighted by molar-refractivity contribution is 5.65. The summed E-state index contributed by atoms with van der Waals surface area (Å²) in [5.74, 6) is 0. The van der Waals surface area contributed by atoms with E-state index < -0.39 is 29.3 Å². The largest absolute Gasteiger partial charge is 0.395 e. The van der Waals surface area contributed by atoms with Crippen molar-refractivity contribution in [1.29, 1.82) is 0 Å². The number of hydrogen-bond donors (Lipinski definition) is 5. The zero-order valence-corrected chi connectivity index (χ0v) is 17.6. The maximum absolute atomic E-state index is 11.4. The van der Waals surface area contributed by atoms with E-state index in [-0.39, 0.29) is 18.8 Å². The zero-order chi connectivity index (χ0) is 23.1. The lowest BCUT2D eigenvalue weighted by Crippen LogP contribution is -2.62. The first kappa shape index (κ1) is 23.9. The molecule has 3 rings (SSSR count). The van der Waals surface area contributed by atoms with E-state index in [1.807, 2.05) is 0 Å². The topological polar surface area (TPSA) is 183 Å². The Kier molecular flexibility index (Phi) is 8.41. The summed E-state index contributed by atoms with van der Waals surface area (Å²) in [6, 6.07) is 4.15. The Morgan fingerprint density at radius 1 is 1.16 bits per heavy atom. The number of aromatic nitrogens is 4. The van der Waals surface area contributed by atoms with Crippen molar-refractivity contribution in [3.05, 3.63) is 34.6 Å². The number of aliphatic hydroxyl groups is 4. The predicted octanol–water partition coefficient (Wildman–Crippen LogP) is -0.698. The minimum atomic E-state index is -1.25. The van der Waals surface area contributed by atoms with E-state index in [0.717, 1.165) is 25.7 Å². The summed E-state index contributed by atoms with van der Waals surface area (Å²) in [7, 11) is 0. The number of anilines is 1. The second kappa shape index (κ2) is 11.2. The van der Waals surface area contributed by atoms with Gasteiger partial charge in [0, 0.05) is 19.2 Å². The van der Waals surface area contributed by atoms with Crippen LogP contribution in [-0.2, 0) is 0 Å². The second-order valence-electron chi connectivity index (χ2n) is 7.85. The molecule has 13 heteroatoms. The van der Waals surface area contributed by atoms with Crippen LogP contribution in [0, 0.1) is 10.1 Å². The molecule has 1 aromatic carbocycles. The van der Waals surface area contributed by atoms with Crippen LogP contribution in [0.5, 0.6) is 0 Å². The first-order chi connectivity index (χ1) is 15.4. The van der Waals surface area contributed by atoms with Gasteiger partial charge >= 0.3 is 0 Å². The molecule has 1 saturated heterocycles. The Hall–Kier alpha value is -2.71. The summed E-state index contributed by atoms with van der Waals surface area (Å²) in [6.07, 6.45) is 1.26. The molecule has 5 N–H and O–H groups in total. The van der Waals surface area contributed by atoms with Crippen molar-refractivity contribution >= 4 is 11.4 Å². The molecule has 2 heterocycles. The molecular weight excluding hydrogens is 422 g/mol. The molecule has 1 aliphatic rings. The molecule has 4 atom stereocenters. The van der Waals surface area contributed by atoms with E-state index in [2.05, 4.69) is 20.8 Å². The summed E-state index contributed by atoms with van der Waals surface area (Å²) >= 11 is 0. The number of piperidine rings is 1. The number of rotatable bonds is 11. The normalized spacial score (nSPS) is 23.9. The van der Waals surface area contributed by atoms with Gasteiger partial charge in [0.2, 0.25) is 0 Å². The average Bonchev–Trinajstić information content (AvgIpc) is 3.32. The molecule has 1 aromatic heterocycles. The van der Waals surface area contributed by atoms with Crippen LogP contribution in [0.3, 0.4) is 0 Å². The monoisotopic (exact) mass is 451 g/mol. The van der Waals surface area contributed by atoms with Gasteiger partial charge < -0.3 is 25.7 Å². The van der Waals surface area contributed by atoms with E-state index >= 15 is 0 Å². The number of tetrazole rings is 1. The fraction of sp³-hybridized carbons (Fsp3) is 0.632. The number of benzene rings is 1. The number of likely N-dealkylation sites (tertiary alicyclic amines) is 1. The van der Waals surface area contributed by atoms with E-state index in [1.54, 1.807) is 17.0 Å². The minimum absolute atomic E-state index is 0.0579. The van der Waals surface area contributed by atoms with Crippen molar-refractivity contribution in [2.45, 2.75) is 50.0 Å². The van der Waals surface area contributed by atoms with Crippen LogP contribution >= 0.6 is 0 Å². The van der Waals surface area contributed by atoms with Gasteiger partial charge in [-0.2, -0.15) is 0 Å². The molecule has 32 heavy (non-hydrogen) atoms. The Labute approximate surface area is 184 Å². The summed E-state index contributed by atoms with van der Waals surface area (Å²) in [6.45, 7) is 1.07. The van der Waals surface area contributed by atoms with E-state index in [4.69, 9.17) is 0 Å². The summed E-state index contributed by atoms with van der Waals surface area (Å²) in [5, 5.41) is 64.4. The first-order valence-corrected chi connectivity index (χ1v) is 10.6. The second-order valence-corrected chi connectivity index (χ2v) is 7.85. The van der Waals surface area contributed by atoms with Gasteiger partial charge in [0.05, 0.1) is 29.4 Å². The maximum atomic E-state index is 11.4. The SMILES string of the molecule is O=[N+]([O-])c1cc(-n2cnnn2)ccc1NCCCCCCN1CC(O)[C@H](O)C(O)C1CO. The molecule has 2 aromatic rings. The predicted molar refractivity (Wildman–Crippen MR) is 113 cm³/mol. The third-order valence-corrected chi connectivity index (χ3v) is 5.70. The lowest BCUT2D eigenvalue weighted by atomic mass is 9.94. The van der Waals surface area contributed by atoms with Gasteiger partial charge in [0.25, 0.3) is 5.69 Å². The Morgan fingerprint density at radius 2 is 1.94 bits per heavy atom. The summed E-state index contributed by atoms with van der Waals surface area (Å²) in [5.41, 5.74) is 0.860. The number of nitro groups is 1. The van der Waals surface area contributed by atoms with Crippen LogP contribution in [0.1, 0.15) is 25.7 Å². The smallest absolute Gasteiger partial charge is 0.294 e. The molecule has 1 aliphatic heterocycles. The summed E-state index contributed by atoms with van der Waals surface area (Å²) in [4.78, 5) is 12.8. The van der Waals surface area contributed by atoms with Gasteiger partial charge in [-0.3, -0.25) is 15.0 Å². The number of nitrogens with one attached hydrogen (secondary N) is 1. The Bertz CT molecular complexity index is 868. The first-order valence-electron chi connectivity index (χ1n) is 10.6. The summed E-state index contributed by atoms with van der Waals surface area (Å²) < 4.78 is 1.35. The van der Waals surface area contributed by atoms with Crippen molar-refractivity contribution in [3.63, 3.8) is 0 Å². The highest BCUT2D eigenvalue weighted by Gasteiger charge is 2.40. The standard InChI is InChI=1S/C19H29N7O6/c27-11-16-18(29)19(30)17(28)10-24(16)8-4-2-1-3-7-20-14-6-5-13(9-15(14)26(31)32)25-12-21-22-23-25/h5-6,9,12,16-20,27-30H,1-4,7-8,10-11H2/t16?,17?,18?,19-/m0/s1. The van der Waals surface area contributed by atoms with Gasteiger partial charge in [-0.15, -0.1) is 5.10 Å². The van der Waals surface area contributed by atoms with Crippen LogP contribution < -0.4 is 5.32 Å². The van der Waals surface area contributed by atoms with E-state index in [0.29, 0.717) is 24.5 Å². The molecule has 0 saturated carbocycles. The number of β-amino-alcohol motifs (C(OH)–C–C–N with tert-alkyl or cyclic N) is 1. The van der Waals surface area contributed by atoms with E-state index in [1.165, 1.54) is 17.1 Å². The molecule has 0 amide bonds. The average molecular weight is 451 g/mol. The molecule has 3 unspecified atom stereocenters. The Morgan fingerprint density at radius 3 is 2.62 bits per heavy atom. The number of unbranched alkanes of at least 4 members (excludes halogenated alkanes) is 3. The number of aliphatic hydroxyl groups excluding tert-OH is 4. The molecular formula is C19H29N7O6. The molecule has 0 radical (unpaired) electrons. The number of nitro benzene ring substituents is 1. The van der Waals surface area contributed by atoms with Gasteiger partial charge in [-0.05, 0) is 41.9 Å². The molecule has 0 aliphatic carbocycles. The molecule has 0 bridgehead atoms. The van der Waals surface area contributed by atoms with Crippen molar-refractivity contribution in [3.8, 4) is 5.69 Å². The third kappa shape index (κ3) is 5.75. The van der Waals surface area contributed by atoms with Gasteiger partial charge in [0.1, 0.15) is 24.2 Å². The lowest BCUT2D eigenvalue weighted by molar-refractivity contribution is -0.383. The third-order valence-electron chi connectivity index (χ3n) is 5.70. The van der Waals surface area contributed by atoms with Crippen molar-refractivity contribution < 1.29 is 25.3 Å². The maximum Gasteiger partial charge on any atom is 0.294 e. The van der Waals surface area contributed by atoms with Crippen molar-refractivity contribution in [2.75, 3.05) is 31.6 Å². The van der Waals surface area contributed by atoms with Crippen LogP contribution in [0.25, 0.3) is 5.69 Å². The fourth-order valence-electron chi connectivity index (χ4n) is 3.89. The zero-order valence-electron chi connectivity index (χ0n) is 17.6. The quantitative estimate of drug-likeness (QED) is 0.165. The van der Waals surface area contributed by atoms with Crippen molar-refractivity contribution in [2.24, 2.45) is 0 Å². The highest BCUT2D eigenvalue weighted by Crippen LogP contribution is 2.27. The van der Waals surface area contributed by atoms with Crippen molar-refractivity contribution in [1.82, 2.24) is 25.1 Å². The van der Waals surface area contributed by atoms with Gasteiger partial charge in [0.15, 0.2) is 0 Å². The number of hydrogen-bond acceptors (Lipinski definition) is 11. The minimum Gasteiger partial charge on any atom is -0.395 e. The van der Waals surface area contributed by atoms with Crippen LogP contribution in [0.2, 0.25) is 0 Å². The fourth-order valence-corrected chi connectivity index (χ4v) is 3.89. The Balaban J connectivity index is 1.41. The molecule has 0 spiro atoms. The van der Waals surface area contributed by atoms with E-state index in [9.17, 15) is 30.5 Å². The van der Waals surface area contributed by atoms with Crippen LogP contribution in [0.4, 0.5) is 11.4 Å². The molecule has 1 fully saturated rings. The van der Waals surface area contributed by atoms with Gasteiger partial charge in [-0.1, -0.05) is 12.8 Å². The molecule has 176 valence electrons. The van der Waals surface area contributed by atoms with Crippen LogP contribution in [-0.4, -0.2) is 101 Å². The van der Waals surface area contributed by atoms with Crippen LogP contribution in [0.15, 0.2) is 24.5 Å². The molecule has 13 nitrogen and oxygen atoms in total.